The Hall–Kier alpha value is -1.33. The lowest BCUT2D eigenvalue weighted by molar-refractivity contribution is 0.412. The van der Waals surface area contributed by atoms with E-state index in [9.17, 15) is 0 Å². The molecule has 0 atom stereocenters. The number of rotatable bonds is 3. The van der Waals surface area contributed by atoms with E-state index in [1.807, 2.05) is 24.4 Å². The third kappa shape index (κ3) is 2.04. The van der Waals surface area contributed by atoms with Crippen LogP contribution in [0.4, 0.5) is 0 Å². The Balaban J connectivity index is 1.89. The minimum absolute atomic E-state index is 0.528. The molecule has 5 heteroatoms. The average molecular weight is 308 g/mol. The normalized spacial score (nSPS) is 15.4. The molecule has 0 amide bonds. The van der Waals surface area contributed by atoms with E-state index >= 15 is 0 Å². The number of hydrogen-bond donors (Lipinski definition) is 2. The number of aromatic amines is 1. The van der Waals surface area contributed by atoms with Gasteiger partial charge in [0.1, 0.15) is 11.6 Å². The highest BCUT2D eigenvalue weighted by Gasteiger charge is 2.21. The zero-order chi connectivity index (χ0) is 12.5. The molecule has 0 bridgehead atoms. The van der Waals surface area contributed by atoms with Gasteiger partial charge in [0.2, 0.25) is 0 Å². The highest BCUT2D eigenvalue weighted by molar-refractivity contribution is 9.10. The quantitative estimate of drug-likeness (QED) is 0.916. The zero-order valence-electron chi connectivity index (χ0n) is 10.0. The molecule has 2 heterocycles. The summed E-state index contributed by atoms with van der Waals surface area (Å²) in [5.41, 5.74) is 2.15. The molecule has 3 rings (SSSR count). The lowest BCUT2D eigenvalue weighted by Gasteiger charge is -2.24. The molecule has 1 aliphatic heterocycles. The number of methoxy groups -OCH3 is 1. The van der Waals surface area contributed by atoms with Crippen LogP contribution in [0, 0.1) is 0 Å². The third-order valence-electron chi connectivity index (χ3n) is 3.23. The molecule has 1 fully saturated rings. The topological polar surface area (TPSA) is 49.9 Å². The van der Waals surface area contributed by atoms with Crippen molar-refractivity contribution in [3.8, 4) is 17.0 Å². The summed E-state index contributed by atoms with van der Waals surface area (Å²) in [5, 5.41) is 3.25. The molecule has 1 aliphatic rings. The van der Waals surface area contributed by atoms with Crippen LogP contribution >= 0.6 is 15.9 Å². The SMILES string of the molecule is COc1ccc(-c2cnc(C3CNC3)[nH]2)cc1Br. The Labute approximate surface area is 114 Å². The van der Waals surface area contributed by atoms with Crippen molar-refractivity contribution in [2.75, 3.05) is 20.2 Å². The molecular formula is C13H14BrN3O. The summed E-state index contributed by atoms with van der Waals surface area (Å²) in [7, 11) is 1.66. The molecule has 1 saturated heterocycles. The molecular weight excluding hydrogens is 294 g/mol. The van der Waals surface area contributed by atoms with Crippen LogP contribution in [-0.4, -0.2) is 30.2 Å². The maximum Gasteiger partial charge on any atom is 0.133 e. The summed E-state index contributed by atoms with van der Waals surface area (Å²) in [4.78, 5) is 7.83. The average Bonchev–Trinajstić information content (AvgIpc) is 2.76. The predicted octanol–water partition coefficient (Wildman–Crippen LogP) is 2.53. The van der Waals surface area contributed by atoms with Crippen LogP contribution in [0.3, 0.4) is 0 Å². The molecule has 0 radical (unpaired) electrons. The van der Waals surface area contributed by atoms with Gasteiger partial charge in [-0.3, -0.25) is 0 Å². The first-order valence-corrected chi connectivity index (χ1v) is 6.67. The summed E-state index contributed by atoms with van der Waals surface area (Å²) in [5.74, 6) is 2.43. The fraction of sp³-hybridized carbons (Fsp3) is 0.308. The van der Waals surface area contributed by atoms with E-state index < -0.39 is 0 Å². The van der Waals surface area contributed by atoms with E-state index in [-0.39, 0.29) is 0 Å². The summed E-state index contributed by atoms with van der Waals surface area (Å²) >= 11 is 3.50. The Morgan fingerprint density at radius 3 is 2.83 bits per heavy atom. The smallest absolute Gasteiger partial charge is 0.133 e. The minimum atomic E-state index is 0.528. The van der Waals surface area contributed by atoms with Crippen molar-refractivity contribution in [3.63, 3.8) is 0 Å². The maximum absolute atomic E-state index is 5.22. The van der Waals surface area contributed by atoms with Gasteiger partial charge in [-0.05, 0) is 34.1 Å². The standard InChI is InChI=1S/C13H14BrN3O/c1-18-12-3-2-8(4-10(12)14)11-7-16-13(17-11)9-5-15-6-9/h2-4,7,9,15H,5-6H2,1H3,(H,16,17). The minimum Gasteiger partial charge on any atom is -0.496 e. The molecule has 4 nitrogen and oxygen atoms in total. The third-order valence-corrected chi connectivity index (χ3v) is 3.85. The van der Waals surface area contributed by atoms with E-state index in [1.165, 1.54) is 0 Å². The Morgan fingerprint density at radius 1 is 1.39 bits per heavy atom. The number of aromatic nitrogens is 2. The molecule has 2 aromatic rings. The zero-order valence-corrected chi connectivity index (χ0v) is 11.6. The van der Waals surface area contributed by atoms with E-state index in [2.05, 4.69) is 31.2 Å². The molecule has 18 heavy (non-hydrogen) atoms. The first kappa shape index (κ1) is 11.7. The second kappa shape index (κ2) is 4.74. The van der Waals surface area contributed by atoms with Crippen molar-refractivity contribution >= 4 is 15.9 Å². The van der Waals surface area contributed by atoms with Gasteiger partial charge in [-0.2, -0.15) is 0 Å². The van der Waals surface area contributed by atoms with Crippen molar-refractivity contribution in [1.82, 2.24) is 15.3 Å². The molecule has 0 aliphatic carbocycles. The van der Waals surface area contributed by atoms with Crippen molar-refractivity contribution in [2.45, 2.75) is 5.92 Å². The van der Waals surface area contributed by atoms with Gasteiger partial charge in [0, 0.05) is 24.6 Å². The summed E-state index contributed by atoms with van der Waals surface area (Å²) in [6, 6.07) is 6.01. The number of nitrogens with zero attached hydrogens (tertiary/aromatic N) is 1. The number of imidazole rings is 1. The Bertz CT molecular complexity index is 563. The Morgan fingerprint density at radius 2 is 2.22 bits per heavy atom. The second-order valence-corrected chi connectivity index (χ2v) is 5.24. The molecule has 0 unspecified atom stereocenters. The highest BCUT2D eigenvalue weighted by Crippen LogP contribution is 2.30. The molecule has 0 saturated carbocycles. The first-order valence-electron chi connectivity index (χ1n) is 5.87. The highest BCUT2D eigenvalue weighted by atomic mass is 79.9. The van der Waals surface area contributed by atoms with Gasteiger partial charge < -0.3 is 15.0 Å². The first-order chi connectivity index (χ1) is 8.78. The Kier molecular flexibility index (Phi) is 3.09. The molecule has 1 aromatic carbocycles. The fourth-order valence-electron chi connectivity index (χ4n) is 2.01. The van der Waals surface area contributed by atoms with E-state index in [1.54, 1.807) is 7.11 Å². The number of halogens is 1. The number of ether oxygens (including phenoxy) is 1. The lowest BCUT2D eigenvalue weighted by Crippen LogP contribution is -2.40. The van der Waals surface area contributed by atoms with Crippen molar-refractivity contribution in [1.29, 1.82) is 0 Å². The fourth-order valence-corrected chi connectivity index (χ4v) is 2.55. The van der Waals surface area contributed by atoms with Gasteiger partial charge in [0.05, 0.1) is 23.5 Å². The van der Waals surface area contributed by atoms with Gasteiger partial charge in [-0.15, -0.1) is 0 Å². The summed E-state index contributed by atoms with van der Waals surface area (Å²) < 4.78 is 6.17. The van der Waals surface area contributed by atoms with E-state index in [0.717, 1.165) is 40.4 Å². The van der Waals surface area contributed by atoms with Crippen LogP contribution in [0.1, 0.15) is 11.7 Å². The number of hydrogen-bond acceptors (Lipinski definition) is 3. The van der Waals surface area contributed by atoms with Gasteiger partial charge >= 0.3 is 0 Å². The summed E-state index contributed by atoms with van der Waals surface area (Å²) in [6.07, 6.45) is 1.89. The summed E-state index contributed by atoms with van der Waals surface area (Å²) in [6.45, 7) is 2.03. The maximum atomic E-state index is 5.22. The molecule has 1 aromatic heterocycles. The van der Waals surface area contributed by atoms with Crippen LogP contribution in [-0.2, 0) is 0 Å². The van der Waals surface area contributed by atoms with Crippen LogP contribution < -0.4 is 10.1 Å². The van der Waals surface area contributed by atoms with Crippen LogP contribution in [0.5, 0.6) is 5.75 Å². The van der Waals surface area contributed by atoms with Gasteiger partial charge in [-0.1, -0.05) is 0 Å². The number of benzene rings is 1. The van der Waals surface area contributed by atoms with Gasteiger partial charge in [0.25, 0.3) is 0 Å². The van der Waals surface area contributed by atoms with Crippen molar-refractivity contribution < 1.29 is 4.74 Å². The molecule has 94 valence electrons. The predicted molar refractivity (Wildman–Crippen MR) is 73.9 cm³/mol. The number of H-pyrrole nitrogens is 1. The van der Waals surface area contributed by atoms with Gasteiger partial charge in [0.15, 0.2) is 0 Å². The van der Waals surface area contributed by atoms with Crippen LogP contribution in [0.15, 0.2) is 28.9 Å². The monoisotopic (exact) mass is 307 g/mol. The molecule has 2 N–H and O–H groups in total. The lowest BCUT2D eigenvalue weighted by atomic mass is 10.0. The van der Waals surface area contributed by atoms with E-state index in [0.29, 0.717) is 5.92 Å². The largest absolute Gasteiger partial charge is 0.496 e. The molecule has 0 spiro atoms. The number of nitrogens with one attached hydrogen (secondary N) is 2. The van der Waals surface area contributed by atoms with Crippen LogP contribution in [0.25, 0.3) is 11.3 Å². The van der Waals surface area contributed by atoms with Crippen molar-refractivity contribution in [2.24, 2.45) is 0 Å². The van der Waals surface area contributed by atoms with E-state index in [4.69, 9.17) is 4.74 Å². The van der Waals surface area contributed by atoms with Crippen molar-refractivity contribution in [3.05, 3.63) is 34.7 Å². The van der Waals surface area contributed by atoms with Crippen LogP contribution in [0.2, 0.25) is 0 Å². The van der Waals surface area contributed by atoms with Gasteiger partial charge in [-0.25, -0.2) is 4.98 Å². The second-order valence-electron chi connectivity index (χ2n) is 4.39.